The lowest BCUT2D eigenvalue weighted by molar-refractivity contribution is -0.119. The maximum Gasteiger partial charge on any atom is 0.264 e. The van der Waals surface area contributed by atoms with Crippen molar-refractivity contribution in [3.05, 3.63) is 112 Å². The first-order valence-corrected chi connectivity index (χ1v) is 13.5. The Bertz CT molecular complexity index is 1550. The fourth-order valence-corrected chi connectivity index (χ4v) is 5.86. The van der Waals surface area contributed by atoms with Crippen LogP contribution in [0.1, 0.15) is 17.0 Å². The standard InChI is InChI=1S/C27H24Cl2N4O3S/c1-19-15-21(20(2)33(19)26-14-13-22(28)16-25(26)29)17-30-31-27(34)18-32(23-9-5-3-6-10-23)37(35,36)24-11-7-4-8-12-24/h3-17H,18H2,1-2H3,(H,31,34). The van der Waals surface area contributed by atoms with E-state index in [0.717, 1.165) is 26.9 Å². The highest BCUT2D eigenvalue weighted by molar-refractivity contribution is 7.92. The number of carbonyl (C=O) groups is 1. The molecule has 7 nitrogen and oxygen atoms in total. The Kier molecular flexibility index (Phi) is 8.02. The number of benzene rings is 3. The van der Waals surface area contributed by atoms with Gasteiger partial charge in [-0.15, -0.1) is 0 Å². The van der Waals surface area contributed by atoms with Gasteiger partial charge < -0.3 is 4.57 Å². The van der Waals surface area contributed by atoms with Gasteiger partial charge in [-0.25, -0.2) is 13.8 Å². The number of para-hydroxylation sites is 1. The van der Waals surface area contributed by atoms with E-state index in [2.05, 4.69) is 10.5 Å². The monoisotopic (exact) mass is 554 g/mol. The lowest BCUT2D eigenvalue weighted by atomic mass is 10.2. The Labute approximate surface area is 226 Å². The number of nitrogens with zero attached hydrogens (tertiary/aromatic N) is 3. The van der Waals surface area contributed by atoms with Crippen molar-refractivity contribution >= 4 is 51.0 Å². The first kappa shape index (κ1) is 26.5. The third-order valence-corrected chi connectivity index (χ3v) is 8.00. The minimum atomic E-state index is -3.98. The summed E-state index contributed by atoms with van der Waals surface area (Å²) in [4.78, 5) is 12.9. The van der Waals surface area contributed by atoms with Crippen molar-refractivity contribution in [3.63, 3.8) is 0 Å². The molecule has 1 aromatic heterocycles. The molecule has 0 aliphatic carbocycles. The molecule has 0 saturated heterocycles. The van der Waals surface area contributed by atoms with Gasteiger partial charge in [-0.05, 0) is 62.4 Å². The zero-order valence-electron chi connectivity index (χ0n) is 20.1. The summed E-state index contributed by atoms with van der Waals surface area (Å²) in [6, 6.07) is 23.6. The Morgan fingerprint density at radius 1 is 0.973 bits per heavy atom. The average molecular weight is 555 g/mol. The topological polar surface area (TPSA) is 83.8 Å². The van der Waals surface area contributed by atoms with Crippen molar-refractivity contribution < 1.29 is 13.2 Å². The molecule has 0 aliphatic rings. The van der Waals surface area contributed by atoms with Gasteiger partial charge >= 0.3 is 0 Å². The van der Waals surface area contributed by atoms with Crippen LogP contribution < -0.4 is 9.73 Å². The number of hydrazone groups is 1. The Balaban J connectivity index is 1.54. The van der Waals surface area contributed by atoms with E-state index in [9.17, 15) is 13.2 Å². The highest BCUT2D eigenvalue weighted by Gasteiger charge is 2.26. The number of halogens is 2. The molecule has 190 valence electrons. The second kappa shape index (κ2) is 11.2. The number of hydrogen-bond acceptors (Lipinski definition) is 4. The predicted octanol–water partition coefficient (Wildman–Crippen LogP) is 5.75. The lowest BCUT2D eigenvalue weighted by Crippen LogP contribution is -2.39. The van der Waals surface area contributed by atoms with Crippen LogP contribution in [0.5, 0.6) is 0 Å². The molecule has 4 aromatic rings. The van der Waals surface area contributed by atoms with Gasteiger partial charge in [0.1, 0.15) is 6.54 Å². The van der Waals surface area contributed by atoms with E-state index in [-0.39, 0.29) is 4.90 Å². The van der Waals surface area contributed by atoms with Gasteiger partial charge in [-0.2, -0.15) is 5.10 Å². The van der Waals surface area contributed by atoms with Crippen molar-refractivity contribution in [2.45, 2.75) is 18.7 Å². The maximum absolute atomic E-state index is 13.3. The molecular formula is C27H24Cl2N4O3S. The largest absolute Gasteiger partial charge is 0.316 e. The summed E-state index contributed by atoms with van der Waals surface area (Å²) in [5.41, 5.74) is 6.12. The Morgan fingerprint density at radius 2 is 1.62 bits per heavy atom. The number of carbonyl (C=O) groups excluding carboxylic acids is 1. The highest BCUT2D eigenvalue weighted by atomic mass is 35.5. The summed E-state index contributed by atoms with van der Waals surface area (Å²) < 4.78 is 29.7. The van der Waals surface area contributed by atoms with E-state index >= 15 is 0 Å². The summed E-state index contributed by atoms with van der Waals surface area (Å²) in [6.45, 7) is 3.39. The van der Waals surface area contributed by atoms with Gasteiger partial charge in [0, 0.05) is 22.0 Å². The van der Waals surface area contributed by atoms with Crippen LogP contribution in [0.2, 0.25) is 10.0 Å². The highest BCUT2D eigenvalue weighted by Crippen LogP contribution is 2.28. The quantitative estimate of drug-likeness (QED) is 0.222. The van der Waals surface area contributed by atoms with Crippen LogP contribution in [0, 0.1) is 13.8 Å². The van der Waals surface area contributed by atoms with Gasteiger partial charge in [0.2, 0.25) is 0 Å². The van der Waals surface area contributed by atoms with Crippen molar-refractivity contribution in [2.24, 2.45) is 5.10 Å². The molecule has 0 unspecified atom stereocenters. The summed E-state index contributed by atoms with van der Waals surface area (Å²) in [7, 11) is -3.98. The number of hydrogen-bond donors (Lipinski definition) is 1. The molecule has 4 rings (SSSR count). The molecule has 0 fully saturated rings. The van der Waals surface area contributed by atoms with Crippen molar-refractivity contribution in [1.29, 1.82) is 0 Å². The van der Waals surface area contributed by atoms with Crippen molar-refractivity contribution in [2.75, 3.05) is 10.8 Å². The van der Waals surface area contributed by atoms with Gasteiger partial charge in [-0.3, -0.25) is 9.10 Å². The van der Waals surface area contributed by atoms with Gasteiger partial charge in [0.15, 0.2) is 0 Å². The van der Waals surface area contributed by atoms with E-state index in [0.29, 0.717) is 15.7 Å². The van der Waals surface area contributed by atoms with E-state index < -0.39 is 22.5 Å². The molecule has 1 heterocycles. The third-order valence-electron chi connectivity index (χ3n) is 5.68. The minimum Gasteiger partial charge on any atom is -0.316 e. The summed E-state index contributed by atoms with van der Waals surface area (Å²) in [5, 5.41) is 5.12. The Hall–Kier alpha value is -3.59. The normalized spacial score (nSPS) is 11.6. The molecule has 0 bridgehead atoms. The summed E-state index contributed by atoms with van der Waals surface area (Å²) >= 11 is 12.4. The second-order valence-electron chi connectivity index (χ2n) is 8.21. The molecular weight excluding hydrogens is 531 g/mol. The molecule has 0 aliphatic heterocycles. The van der Waals surface area contributed by atoms with Gasteiger partial charge in [0.05, 0.1) is 27.5 Å². The molecule has 3 aromatic carbocycles. The maximum atomic E-state index is 13.3. The number of aromatic nitrogens is 1. The third kappa shape index (κ3) is 5.88. The van der Waals surface area contributed by atoms with Crippen molar-refractivity contribution in [3.8, 4) is 5.69 Å². The van der Waals surface area contributed by atoms with Crippen LogP contribution in [-0.2, 0) is 14.8 Å². The molecule has 0 saturated carbocycles. The van der Waals surface area contributed by atoms with E-state index in [1.54, 1.807) is 60.7 Å². The second-order valence-corrected chi connectivity index (χ2v) is 10.9. The van der Waals surface area contributed by atoms with E-state index in [4.69, 9.17) is 23.2 Å². The van der Waals surface area contributed by atoms with E-state index in [1.165, 1.54) is 18.3 Å². The van der Waals surface area contributed by atoms with Crippen LogP contribution in [0.25, 0.3) is 5.69 Å². The van der Waals surface area contributed by atoms with E-state index in [1.807, 2.05) is 30.5 Å². The van der Waals surface area contributed by atoms with Crippen molar-refractivity contribution in [1.82, 2.24) is 9.99 Å². The van der Waals surface area contributed by atoms with Gasteiger partial charge in [0.25, 0.3) is 15.9 Å². The van der Waals surface area contributed by atoms with Crippen LogP contribution >= 0.6 is 23.2 Å². The SMILES string of the molecule is Cc1cc(C=NNC(=O)CN(c2ccccc2)S(=O)(=O)c2ccccc2)c(C)n1-c1ccc(Cl)cc1Cl. The fraction of sp³-hybridized carbons (Fsp3) is 0.111. The molecule has 1 N–H and O–H groups in total. The number of sulfonamides is 1. The van der Waals surface area contributed by atoms with Crippen LogP contribution in [-0.4, -0.2) is 31.7 Å². The first-order chi connectivity index (χ1) is 17.7. The summed E-state index contributed by atoms with van der Waals surface area (Å²) in [6.07, 6.45) is 1.51. The molecule has 0 atom stereocenters. The predicted molar refractivity (Wildman–Crippen MR) is 148 cm³/mol. The molecule has 1 amide bonds. The molecule has 37 heavy (non-hydrogen) atoms. The number of rotatable bonds is 8. The number of anilines is 1. The van der Waals surface area contributed by atoms with Crippen LogP contribution in [0.15, 0.2) is 94.9 Å². The minimum absolute atomic E-state index is 0.0865. The van der Waals surface area contributed by atoms with Crippen LogP contribution in [0.3, 0.4) is 0 Å². The first-order valence-electron chi connectivity index (χ1n) is 11.3. The summed E-state index contributed by atoms with van der Waals surface area (Å²) in [5.74, 6) is -0.589. The number of nitrogens with one attached hydrogen (secondary N) is 1. The molecule has 0 radical (unpaired) electrons. The zero-order valence-corrected chi connectivity index (χ0v) is 22.4. The van der Waals surface area contributed by atoms with Gasteiger partial charge in [-0.1, -0.05) is 59.6 Å². The zero-order chi connectivity index (χ0) is 26.6. The molecule has 10 heteroatoms. The smallest absolute Gasteiger partial charge is 0.264 e. The van der Waals surface area contributed by atoms with Crippen LogP contribution in [0.4, 0.5) is 5.69 Å². The fourth-order valence-electron chi connectivity index (χ4n) is 3.92. The average Bonchev–Trinajstić information content (AvgIpc) is 3.16. The lowest BCUT2D eigenvalue weighted by Gasteiger charge is -2.23. The molecule has 0 spiro atoms. The Morgan fingerprint density at radius 3 is 2.27 bits per heavy atom. The number of amides is 1. The number of aryl methyl sites for hydroxylation is 1.